The molecule has 2 N–H and O–H groups in total. The standard InChI is InChI=1S/C20H21N3O4S/c1-27-11-18(24)21-15-8-5-9-16(10-15)22-19(25)17-12-28-13-23(17)20(26)14-6-3-2-4-7-14/h2-10,17H,11-13H2,1H3,(H,21,24)(H,22,25)/t17-/m0/s1. The minimum absolute atomic E-state index is 0.0492. The highest BCUT2D eigenvalue weighted by Crippen LogP contribution is 2.25. The minimum Gasteiger partial charge on any atom is -0.375 e. The van der Waals surface area contributed by atoms with Crippen molar-refractivity contribution >= 4 is 40.9 Å². The van der Waals surface area contributed by atoms with Gasteiger partial charge in [0, 0.05) is 29.8 Å². The van der Waals surface area contributed by atoms with Crippen LogP contribution in [0.1, 0.15) is 10.4 Å². The smallest absolute Gasteiger partial charge is 0.255 e. The molecule has 1 heterocycles. The lowest BCUT2D eigenvalue weighted by molar-refractivity contribution is -0.120. The van der Waals surface area contributed by atoms with Crippen LogP contribution in [0, 0.1) is 0 Å². The largest absolute Gasteiger partial charge is 0.375 e. The average molecular weight is 399 g/mol. The summed E-state index contributed by atoms with van der Waals surface area (Å²) in [7, 11) is 1.44. The molecule has 0 radical (unpaired) electrons. The number of thioether (sulfide) groups is 1. The van der Waals surface area contributed by atoms with E-state index in [0.29, 0.717) is 28.6 Å². The Morgan fingerprint density at radius 1 is 1.07 bits per heavy atom. The Morgan fingerprint density at radius 3 is 2.50 bits per heavy atom. The summed E-state index contributed by atoms with van der Waals surface area (Å²) in [4.78, 5) is 38.7. The van der Waals surface area contributed by atoms with Gasteiger partial charge in [0.05, 0.1) is 5.88 Å². The van der Waals surface area contributed by atoms with Gasteiger partial charge in [-0.15, -0.1) is 11.8 Å². The predicted octanol–water partition coefficient (Wildman–Crippen LogP) is 2.43. The van der Waals surface area contributed by atoms with Gasteiger partial charge in [0.1, 0.15) is 12.6 Å². The van der Waals surface area contributed by atoms with E-state index in [0.717, 1.165) is 0 Å². The number of hydrogen-bond donors (Lipinski definition) is 2. The van der Waals surface area contributed by atoms with Crippen molar-refractivity contribution in [2.45, 2.75) is 6.04 Å². The maximum Gasteiger partial charge on any atom is 0.255 e. The third-order valence-corrected chi connectivity index (χ3v) is 5.17. The molecule has 8 heteroatoms. The van der Waals surface area contributed by atoms with Gasteiger partial charge in [-0.05, 0) is 30.3 Å². The summed E-state index contributed by atoms with van der Waals surface area (Å²) in [6.45, 7) is -0.0492. The third-order valence-electron chi connectivity index (χ3n) is 4.16. The molecule has 7 nitrogen and oxygen atoms in total. The van der Waals surface area contributed by atoms with Gasteiger partial charge < -0.3 is 20.3 Å². The molecule has 0 aliphatic carbocycles. The van der Waals surface area contributed by atoms with Crippen molar-refractivity contribution in [3.05, 3.63) is 60.2 Å². The number of carbonyl (C=O) groups is 3. The average Bonchev–Trinajstić information content (AvgIpc) is 3.18. The van der Waals surface area contributed by atoms with Crippen LogP contribution in [0.2, 0.25) is 0 Å². The van der Waals surface area contributed by atoms with Crippen LogP contribution >= 0.6 is 11.8 Å². The lowest BCUT2D eigenvalue weighted by Crippen LogP contribution is -2.44. The van der Waals surface area contributed by atoms with E-state index in [2.05, 4.69) is 10.6 Å². The molecule has 0 saturated carbocycles. The van der Waals surface area contributed by atoms with E-state index in [9.17, 15) is 14.4 Å². The number of amides is 3. The number of nitrogens with zero attached hydrogens (tertiary/aromatic N) is 1. The molecule has 2 aromatic rings. The quantitative estimate of drug-likeness (QED) is 0.779. The molecule has 1 atom stereocenters. The third kappa shape index (κ3) is 4.90. The molecule has 1 fully saturated rings. The Morgan fingerprint density at radius 2 is 1.79 bits per heavy atom. The molecule has 28 heavy (non-hydrogen) atoms. The SMILES string of the molecule is COCC(=O)Nc1cccc(NC(=O)[C@@H]2CSCN2C(=O)c2ccccc2)c1. The second kappa shape index (κ2) is 9.38. The van der Waals surface area contributed by atoms with Gasteiger partial charge in [0.15, 0.2) is 0 Å². The first-order valence-corrected chi connectivity index (χ1v) is 9.87. The highest BCUT2D eigenvalue weighted by Gasteiger charge is 2.35. The number of anilines is 2. The molecule has 0 unspecified atom stereocenters. The molecular formula is C20H21N3O4S. The normalized spacial score (nSPS) is 15.9. The highest BCUT2D eigenvalue weighted by molar-refractivity contribution is 7.99. The van der Waals surface area contributed by atoms with Crippen LogP contribution in [0.25, 0.3) is 0 Å². The van der Waals surface area contributed by atoms with E-state index in [-0.39, 0.29) is 24.3 Å². The first kappa shape index (κ1) is 19.9. The van der Waals surface area contributed by atoms with E-state index < -0.39 is 6.04 Å². The first-order chi connectivity index (χ1) is 13.6. The summed E-state index contributed by atoms with van der Waals surface area (Å²) in [5.74, 6) is 0.312. The number of ether oxygens (including phenoxy) is 1. The molecule has 146 valence electrons. The molecular weight excluding hydrogens is 378 g/mol. The maximum atomic E-state index is 12.8. The minimum atomic E-state index is -0.551. The van der Waals surface area contributed by atoms with Gasteiger partial charge in [0.2, 0.25) is 11.8 Å². The van der Waals surface area contributed by atoms with Crippen molar-refractivity contribution in [3.8, 4) is 0 Å². The summed E-state index contributed by atoms with van der Waals surface area (Å²) in [5.41, 5.74) is 1.66. The summed E-state index contributed by atoms with van der Waals surface area (Å²) in [5, 5.41) is 5.53. The van der Waals surface area contributed by atoms with Crippen LogP contribution in [0.3, 0.4) is 0 Å². The fourth-order valence-electron chi connectivity index (χ4n) is 2.84. The molecule has 3 amide bonds. The molecule has 1 saturated heterocycles. The van der Waals surface area contributed by atoms with Crippen LogP contribution in [0.5, 0.6) is 0 Å². The Bertz CT molecular complexity index is 860. The molecule has 1 aliphatic heterocycles. The number of hydrogen-bond acceptors (Lipinski definition) is 5. The second-order valence-corrected chi connectivity index (χ2v) is 7.21. The number of methoxy groups -OCH3 is 1. The van der Waals surface area contributed by atoms with Crippen LogP contribution < -0.4 is 10.6 Å². The molecule has 3 rings (SSSR count). The van der Waals surface area contributed by atoms with Gasteiger partial charge >= 0.3 is 0 Å². The van der Waals surface area contributed by atoms with Crippen molar-refractivity contribution in [1.29, 1.82) is 0 Å². The second-order valence-electron chi connectivity index (χ2n) is 6.21. The summed E-state index contributed by atoms with van der Waals surface area (Å²) < 4.78 is 4.79. The molecule has 2 aromatic carbocycles. The summed E-state index contributed by atoms with van der Waals surface area (Å²) in [6.07, 6.45) is 0. The van der Waals surface area contributed by atoms with Crippen molar-refractivity contribution in [3.63, 3.8) is 0 Å². The van der Waals surface area contributed by atoms with Gasteiger partial charge in [0.25, 0.3) is 5.91 Å². The number of nitrogens with one attached hydrogen (secondary N) is 2. The Hall–Kier alpha value is -2.84. The molecule has 0 bridgehead atoms. The molecule has 0 aromatic heterocycles. The lowest BCUT2D eigenvalue weighted by atomic mass is 10.1. The first-order valence-electron chi connectivity index (χ1n) is 8.72. The predicted molar refractivity (Wildman–Crippen MR) is 109 cm³/mol. The fourth-order valence-corrected chi connectivity index (χ4v) is 3.99. The Kier molecular flexibility index (Phi) is 6.67. The zero-order valence-electron chi connectivity index (χ0n) is 15.4. The molecule has 0 spiro atoms. The lowest BCUT2D eigenvalue weighted by Gasteiger charge is -2.23. The zero-order valence-corrected chi connectivity index (χ0v) is 16.2. The molecule has 1 aliphatic rings. The maximum absolute atomic E-state index is 12.8. The van der Waals surface area contributed by atoms with Gasteiger partial charge in [-0.2, -0.15) is 0 Å². The number of carbonyl (C=O) groups excluding carboxylic acids is 3. The van der Waals surface area contributed by atoms with Gasteiger partial charge in [-0.3, -0.25) is 14.4 Å². The van der Waals surface area contributed by atoms with Crippen molar-refractivity contribution < 1.29 is 19.1 Å². The monoisotopic (exact) mass is 399 g/mol. The van der Waals surface area contributed by atoms with Crippen molar-refractivity contribution in [2.75, 3.05) is 36.0 Å². The summed E-state index contributed by atoms with van der Waals surface area (Å²) in [6, 6.07) is 15.2. The highest BCUT2D eigenvalue weighted by atomic mass is 32.2. The topological polar surface area (TPSA) is 87.7 Å². The summed E-state index contributed by atoms with van der Waals surface area (Å²) >= 11 is 1.54. The van der Waals surface area contributed by atoms with Crippen molar-refractivity contribution in [2.24, 2.45) is 0 Å². The van der Waals surface area contributed by atoms with E-state index >= 15 is 0 Å². The van der Waals surface area contributed by atoms with Crippen LogP contribution in [-0.2, 0) is 14.3 Å². The van der Waals surface area contributed by atoms with Gasteiger partial charge in [-0.1, -0.05) is 24.3 Å². The van der Waals surface area contributed by atoms with E-state index in [1.165, 1.54) is 7.11 Å². The van der Waals surface area contributed by atoms with Crippen molar-refractivity contribution in [1.82, 2.24) is 4.90 Å². The number of rotatable bonds is 6. The van der Waals surface area contributed by atoms with Crippen LogP contribution in [-0.4, -0.2) is 54.0 Å². The Labute approximate surface area is 167 Å². The van der Waals surface area contributed by atoms with E-state index in [1.54, 1.807) is 65.2 Å². The number of benzene rings is 2. The Balaban J connectivity index is 1.67. The van der Waals surface area contributed by atoms with Crippen LogP contribution in [0.4, 0.5) is 11.4 Å². The van der Waals surface area contributed by atoms with E-state index in [4.69, 9.17) is 4.74 Å². The van der Waals surface area contributed by atoms with E-state index in [1.807, 2.05) is 6.07 Å². The van der Waals surface area contributed by atoms with Crippen LogP contribution in [0.15, 0.2) is 54.6 Å². The fraction of sp³-hybridized carbons (Fsp3) is 0.250. The zero-order chi connectivity index (χ0) is 19.9. The van der Waals surface area contributed by atoms with Gasteiger partial charge in [-0.25, -0.2) is 0 Å².